The molecule has 1 aromatic carbocycles. The fraction of sp³-hybridized carbons (Fsp3) is 0.370. The van der Waals surface area contributed by atoms with Crippen LogP contribution in [0.2, 0.25) is 0 Å². The molecule has 0 bridgehead atoms. The van der Waals surface area contributed by atoms with Gasteiger partial charge in [0.1, 0.15) is 0 Å². The van der Waals surface area contributed by atoms with Gasteiger partial charge in [-0.05, 0) is 93.4 Å². The van der Waals surface area contributed by atoms with E-state index in [4.69, 9.17) is 17.0 Å². The van der Waals surface area contributed by atoms with E-state index in [1.54, 1.807) is 0 Å². The van der Waals surface area contributed by atoms with Crippen LogP contribution in [0, 0.1) is 27.7 Å². The molecule has 2 atom stereocenters. The number of benzene rings is 1. The first kappa shape index (κ1) is 24.0. The number of esters is 1. The Morgan fingerprint density at radius 2 is 1.85 bits per heavy atom. The predicted octanol–water partition coefficient (Wildman–Crippen LogP) is 5.03. The second kappa shape index (κ2) is 9.97. The molecule has 1 N–H and O–H groups in total. The van der Waals surface area contributed by atoms with Crippen LogP contribution >= 0.6 is 12.2 Å². The first-order valence-electron chi connectivity index (χ1n) is 11.6. The largest absolute Gasteiger partial charge is 0.469 e. The number of aromatic nitrogens is 2. The van der Waals surface area contributed by atoms with E-state index in [-0.39, 0.29) is 18.1 Å². The van der Waals surface area contributed by atoms with Crippen molar-refractivity contribution in [3.05, 3.63) is 82.4 Å². The highest BCUT2D eigenvalue weighted by Gasteiger charge is 2.41. The van der Waals surface area contributed by atoms with Crippen LogP contribution in [-0.2, 0) is 9.53 Å². The standard InChI is InChI=1S/C27H32N4O2S/c1-17-13-18(2)15-21(14-17)31-19(3)16-22(20(31)4)26-25(23-9-6-7-11-28-23)29-27(34)30(26)12-8-10-24(32)33-5/h6-7,9,11,13-16,25-26H,8,10,12H2,1-5H3,(H,29,34). The number of carbonyl (C=O) groups excluding carboxylic acids is 1. The van der Waals surface area contributed by atoms with E-state index in [0.29, 0.717) is 24.5 Å². The molecule has 0 radical (unpaired) electrons. The lowest BCUT2D eigenvalue weighted by Crippen LogP contribution is -2.31. The zero-order valence-electron chi connectivity index (χ0n) is 20.5. The lowest BCUT2D eigenvalue weighted by Gasteiger charge is -2.28. The molecule has 0 spiro atoms. The van der Waals surface area contributed by atoms with Crippen molar-refractivity contribution in [3.63, 3.8) is 0 Å². The molecule has 1 aliphatic heterocycles. The summed E-state index contributed by atoms with van der Waals surface area (Å²) >= 11 is 5.78. The van der Waals surface area contributed by atoms with Crippen molar-refractivity contribution in [2.24, 2.45) is 0 Å². The van der Waals surface area contributed by atoms with Gasteiger partial charge in [0.2, 0.25) is 0 Å². The Kier molecular flexibility index (Phi) is 7.03. The number of thiocarbonyl (C=S) groups is 1. The van der Waals surface area contributed by atoms with E-state index < -0.39 is 0 Å². The van der Waals surface area contributed by atoms with Crippen LogP contribution in [0.25, 0.3) is 5.69 Å². The molecular formula is C27H32N4O2S. The summed E-state index contributed by atoms with van der Waals surface area (Å²) in [6.07, 6.45) is 2.84. The van der Waals surface area contributed by atoms with Gasteiger partial charge in [0.15, 0.2) is 5.11 Å². The molecule has 6 nitrogen and oxygen atoms in total. The van der Waals surface area contributed by atoms with Crippen LogP contribution < -0.4 is 5.32 Å². The Labute approximate surface area is 207 Å². The average molecular weight is 477 g/mol. The quantitative estimate of drug-likeness (QED) is 0.381. The average Bonchev–Trinajstić information content (AvgIpc) is 3.28. The van der Waals surface area contributed by atoms with E-state index in [2.05, 4.69) is 71.7 Å². The lowest BCUT2D eigenvalue weighted by molar-refractivity contribution is -0.140. The van der Waals surface area contributed by atoms with Crippen LogP contribution in [0.3, 0.4) is 0 Å². The van der Waals surface area contributed by atoms with E-state index in [1.165, 1.54) is 40.9 Å². The SMILES string of the molecule is COC(=O)CCCN1C(=S)NC(c2ccccn2)C1c1cc(C)n(-c2cc(C)cc(C)c2)c1C. The Hall–Kier alpha value is -3.19. The summed E-state index contributed by atoms with van der Waals surface area (Å²) in [5.41, 5.74) is 8.15. The first-order valence-corrected chi connectivity index (χ1v) is 12.0. The summed E-state index contributed by atoms with van der Waals surface area (Å²) in [4.78, 5) is 18.6. The molecule has 0 amide bonds. The topological polar surface area (TPSA) is 59.4 Å². The van der Waals surface area contributed by atoms with Crippen molar-refractivity contribution in [2.45, 2.75) is 52.6 Å². The number of nitrogens with zero attached hydrogens (tertiary/aromatic N) is 3. The Bertz CT molecular complexity index is 1180. The van der Waals surface area contributed by atoms with Gasteiger partial charge in [0.05, 0.1) is 24.9 Å². The van der Waals surface area contributed by atoms with Crippen LogP contribution in [0.1, 0.15) is 58.7 Å². The van der Waals surface area contributed by atoms with E-state index in [9.17, 15) is 4.79 Å². The summed E-state index contributed by atoms with van der Waals surface area (Å²) in [6.45, 7) is 9.23. The van der Waals surface area contributed by atoms with Crippen LogP contribution in [0.4, 0.5) is 0 Å². The number of pyridine rings is 1. The molecule has 1 aliphatic rings. The normalized spacial score (nSPS) is 17.7. The smallest absolute Gasteiger partial charge is 0.305 e. The fourth-order valence-electron chi connectivity index (χ4n) is 5.04. The van der Waals surface area contributed by atoms with Crippen molar-refractivity contribution in [3.8, 4) is 5.69 Å². The molecule has 1 saturated heterocycles. The highest BCUT2D eigenvalue weighted by atomic mass is 32.1. The number of nitrogens with one attached hydrogen (secondary N) is 1. The molecule has 1 fully saturated rings. The number of methoxy groups -OCH3 is 1. The van der Waals surface area contributed by atoms with E-state index in [1.807, 2.05) is 24.4 Å². The fourth-order valence-corrected chi connectivity index (χ4v) is 5.38. The zero-order chi connectivity index (χ0) is 24.4. The van der Waals surface area contributed by atoms with Crippen molar-refractivity contribution < 1.29 is 9.53 Å². The van der Waals surface area contributed by atoms with Gasteiger partial charge >= 0.3 is 5.97 Å². The van der Waals surface area contributed by atoms with Gasteiger partial charge < -0.3 is 19.5 Å². The van der Waals surface area contributed by atoms with Gasteiger partial charge in [-0.2, -0.15) is 0 Å². The summed E-state index contributed by atoms with van der Waals surface area (Å²) < 4.78 is 7.15. The maximum atomic E-state index is 11.7. The third kappa shape index (κ3) is 4.71. The van der Waals surface area contributed by atoms with Crippen molar-refractivity contribution in [2.75, 3.05) is 13.7 Å². The third-order valence-corrected chi connectivity index (χ3v) is 6.81. The van der Waals surface area contributed by atoms with Crippen molar-refractivity contribution in [1.82, 2.24) is 19.8 Å². The lowest BCUT2D eigenvalue weighted by atomic mass is 9.96. The molecule has 0 aliphatic carbocycles. The minimum atomic E-state index is -0.205. The highest BCUT2D eigenvalue weighted by molar-refractivity contribution is 7.80. The summed E-state index contributed by atoms with van der Waals surface area (Å²) in [7, 11) is 1.42. The van der Waals surface area contributed by atoms with Gasteiger partial charge in [-0.25, -0.2) is 0 Å². The number of aryl methyl sites for hydroxylation is 3. The predicted molar refractivity (Wildman–Crippen MR) is 138 cm³/mol. The second-order valence-electron chi connectivity index (χ2n) is 9.01. The molecular weight excluding hydrogens is 444 g/mol. The number of ether oxygens (including phenoxy) is 1. The summed E-state index contributed by atoms with van der Waals surface area (Å²) in [5, 5.41) is 4.19. The molecule has 4 rings (SSSR count). The number of rotatable bonds is 7. The molecule has 3 aromatic rings. The molecule has 0 saturated carbocycles. The summed E-state index contributed by atoms with van der Waals surface area (Å²) in [5.74, 6) is -0.205. The molecule has 2 unspecified atom stereocenters. The van der Waals surface area contributed by atoms with Gasteiger partial charge in [0.25, 0.3) is 0 Å². The molecule has 34 heavy (non-hydrogen) atoms. The van der Waals surface area contributed by atoms with Crippen LogP contribution in [-0.4, -0.2) is 39.2 Å². The number of carbonyl (C=O) groups is 1. The zero-order valence-corrected chi connectivity index (χ0v) is 21.3. The van der Waals surface area contributed by atoms with Crippen LogP contribution in [0.5, 0.6) is 0 Å². The monoisotopic (exact) mass is 476 g/mol. The van der Waals surface area contributed by atoms with Gasteiger partial charge in [-0.3, -0.25) is 9.78 Å². The molecule has 7 heteroatoms. The Morgan fingerprint density at radius 1 is 1.12 bits per heavy atom. The number of hydrogen-bond donors (Lipinski definition) is 1. The number of hydrogen-bond acceptors (Lipinski definition) is 4. The minimum Gasteiger partial charge on any atom is -0.469 e. The third-order valence-electron chi connectivity index (χ3n) is 6.46. The van der Waals surface area contributed by atoms with Crippen molar-refractivity contribution in [1.29, 1.82) is 0 Å². The van der Waals surface area contributed by atoms with Gasteiger partial charge in [0, 0.05) is 36.2 Å². The maximum Gasteiger partial charge on any atom is 0.305 e. The van der Waals surface area contributed by atoms with Crippen molar-refractivity contribution >= 4 is 23.3 Å². The minimum absolute atomic E-state index is 0.0362. The second-order valence-corrected chi connectivity index (χ2v) is 9.39. The molecule has 178 valence electrons. The Morgan fingerprint density at radius 3 is 2.50 bits per heavy atom. The maximum absolute atomic E-state index is 11.7. The van der Waals surface area contributed by atoms with E-state index in [0.717, 1.165) is 5.69 Å². The highest BCUT2D eigenvalue weighted by Crippen LogP contribution is 2.41. The van der Waals surface area contributed by atoms with Crippen LogP contribution in [0.15, 0.2) is 48.7 Å². The summed E-state index contributed by atoms with van der Waals surface area (Å²) in [6, 6.07) is 14.7. The van der Waals surface area contributed by atoms with Gasteiger partial charge in [-0.1, -0.05) is 12.1 Å². The first-order chi connectivity index (χ1) is 16.3. The van der Waals surface area contributed by atoms with Gasteiger partial charge in [-0.15, -0.1) is 0 Å². The van der Waals surface area contributed by atoms with E-state index >= 15 is 0 Å². The molecule has 3 heterocycles. The Balaban J connectivity index is 1.77. The molecule has 2 aromatic heterocycles.